The largest absolute Gasteiger partial charge is 0.394 e. The molecule has 1 aliphatic rings. The molecule has 0 aromatic carbocycles. The molecule has 1 rings (SSSR count). The molecule has 0 aliphatic carbocycles. The fraction of sp³-hybridized carbons (Fsp3) is 1.00. The molecule has 7 heteroatoms. The highest BCUT2D eigenvalue weighted by Crippen LogP contribution is 2.21. The molecular formula is C5H9N3O4. The molecule has 0 aromatic heterocycles. The van der Waals surface area contributed by atoms with E-state index in [-0.39, 0.29) is 0 Å². The average Bonchev–Trinajstić information content (AvgIpc) is 2.33. The first kappa shape index (κ1) is 9.24. The Kier molecular flexibility index (Phi) is 2.85. The van der Waals surface area contributed by atoms with E-state index >= 15 is 0 Å². The number of azide groups is 1. The van der Waals surface area contributed by atoms with Gasteiger partial charge in [0.05, 0.1) is 6.61 Å². The van der Waals surface area contributed by atoms with Crippen molar-refractivity contribution in [2.75, 3.05) is 6.61 Å². The van der Waals surface area contributed by atoms with E-state index in [0.29, 0.717) is 0 Å². The minimum absolute atomic E-state index is 0.421. The Morgan fingerprint density at radius 1 is 1.42 bits per heavy atom. The smallest absolute Gasteiger partial charge is 0.165 e. The van der Waals surface area contributed by atoms with Crippen LogP contribution in [0.15, 0.2) is 5.11 Å². The van der Waals surface area contributed by atoms with Gasteiger partial charge in [0, 0.05) is 4.91 Å². The summed E-state index contributed by atoms with van der Waals surface area (Å²) in [5, 5.41) is 30.0. The predicted molar refractivity (Wildman–Crippen MR) is 36.9 cm³/mol. The highest BCUT2D eigenvalue weighted by Gasteiger charge is 2.41. The van der Waals surface area contributed by atoms with Crippen LogP contribution in [-0.4, -0.2) is 46.5 Å². The number of aliphatic hydroxyl groups is 3. The minimum atomic E-state index is -1.27. The first-order valence-corrected chi connectivity index (χ1v) is 3.37. The number of aliphatic hydroxyl groups excluding tert-OH is 3. The third-order valence-electron chi connectivity index (χ3n) is 1.68. The summed E-state index contributed by atoms with van der Waals surface area (Å²) in [6, 6.07) is 0. The van der Waals surface area contributed by atoms with Gasteiger partial charge in [0.1, 0.15) is 18.3 Å². The topological polar surface area (TPSA) is 119 Å². The fourth-order valence-corrected chi connectivity index (χ4v) is 1.03. The average molecular weight is 175 g/mol. The van der Waals surface area contributed by atoms with Gasteiger partial charge in [-0.25, -0.2) is 0 Å². The molecule has 0 aromatic rings. The maximum absolute atomic E-state index is 9.14. The van der Waals surface area contributed by atoms with Crippen LogP contribution in [0.5, 0.6) is 0 Å². The second-order valence-electron chi connectivity index (χ2n) is 2.43. The lowest BCUT2D eigenvalue weighted by Gasteiger charge is -2.10. The van der Waals surface area contributed by atoms with Crippen molar-refractivity contribution in [3.8, 4) is 0 Å². The van der Waals surface area contributed by atoms with Gasteiger partial charge in [0.15, 0.2) is 6.23 Å². The number of ether oxygens (including phenoxy) is 1. The molecule has 0 bridgehead atoms. The van der Waals surface area contributed by atoms with Gasteiger partial charge in [0.2, 0.25) is 0 Å². The summed E-state index contributed by atoms with van der Waals surface area (Å²) >= 11 is 0. The van der Waals surface area contributed by atoms with Crippen molar-refractivity contribution in [3.05, 3.63) is 10.4 Å². The third kappa shape index (κ3) is 1.50. The van der Waals surface area contributed by atoms with Gasteiger partial charge in [-0.05, 0) is 5.53 Å². The standard InChI is InChI=1S/C5H9N3O4/c6-8-7-5-4(11)3(10)2(1-9)12-5/h2-5,9-11H,1H2/t2-,3-,4+,5?/m1/s1. The van der Waals surface area contributed by atoms with Gasteiger partial charge in [-0.1, -0.05) is 5.11 Å². The predicted octanol–water partition coefficient (Wildman–Crippen LogP) is -1.26. The summed E-state index contributed by atoms with van der Waals surface area (Å²) < 4.78 is 4.81. The molecule has 0 amide bonds. The van der Waals surface area contributed by atoms with E-state index in [9.17, 15) is 0 Å². The first-order chi connectivity index (χ1) is 5.70. The van der Waals surface area contributed by atoms with E-state index < -0.39 is 31.1 Å². The molecule has 7 nitrogen and oxygen atoms in total. The van der Waals surface area contributed by atoms with Crippen LogP contribution < -0.4 is 0 Å². The van der Waals surface area contributed by atoms with E-state index in [1.54, 1.807) is 0 Å². The van der Waals surface area contributed by atoms with E-state index in [1.165, 1.54) is 0 Å². The molecule has 4 atom stereocenters. The first-order valence-electron chi connectivity index (χ1n) is 3.37. The van der Waals surface area contributed by atoms with E-state index in [1.807, 2.05) is 0 Å². The van der Waals surface area contributed by atoms with Crippen LogP contribution >= 0.6 is 0 Å². The summed E-state index contributed by atoms with van der Waals surface area (Å²) in [5.74, 6) is 0. The molecule has 0 spiro atoms. The van der Waals surface area contributed by atoms with Crippen molar-refractivity contribution >= 4 is 0 Å². The Balaban J connectivity index is 2.66. The lowest BCUT2D eigenvalue weighted by atomic mass is 10.1. The zero-order valence-corrected chi connectivity index (χ0v) is 6.11. The van der Waals surface area contributed by atoms with Crippen molar-refractivity contribution < 1.29 is 20.1 Å². The van der Waals surface area contributed by atoms with Gasteiger partial charge in [-0.2, -0.15) is 0 Å². The van der Waals surface area contributed by atoms with Crippen LogP contribution in [0.4, 0.5) is 0 Å². The van der Waals surface area contributed by atoms with Crippen molar-refractivity contribution in [2.24, 2.45) is 5.11 Å². The lowest BCUT2D eigenvalue weighted by Crippen LogP contribution is -2.33. The lowest BCUT2D eigenvalue weighted by molar-refractivity contribution is -0.0198. The summed E-state index contributed by atoms with van der Waals surface area (Å²) in [6.07, 6.45) is -4.46. The van der Waals surface area contributed by atoms with Crippen LogP contribution in [0.2, 0.25) is 0 Å². The SMILES string of the molecule is [N-]=[N+]=NC1O[C@H](CO)[C@@H](O)[C@@H]1O. The second-order valence-corrected chi connectivity index (χ2v) is 2.43. The molecule has 1 saturated heterocycles. The number of hydrogen-bond donors (Lipinski definition) is 3. The van der Waals surface area contributed by atoms with E-state index in [0.717, 1.165) is 0 Å². The maximum atomic E-state index is 9.14. The van der Waals surface area contributed by atoms with Crippen molar-refractivity contribution in [1.82, 2.24) is 0 Å². The summed E-state index contributed by atoms with van der Waals surface area (Å²) in [5.41, 5.74) is 8.01. The number of nitrogens with zero attached hydrogens (tertiary/aromatic N) is 3. The Bertz CT molecular complexity index is 205. The molecular weight excluding hydrogens is 166 g/mol. The normalized spacial score (nSPS) is 40.9. The molecule has 3 N–H and O–H groups in total. The minimum Gasteiger partial charge on any atom is -0.394 e. The van der Waals surface area contributed by atoms with Gasteiger partial charge < -0.3 is 20.1 Å². The molecule has 0 radical (unpaired) electrons. The molecule has 1 aliphatic heterocycles. The summed E-state index contributed by atoms with van der Waals surface area (Å²) in [4.78, 5) is 2.42. The summed E-state index contributed by atoms with van der Waals surface area (Å²) in [6.45, 7) is -0.421. The Morgan fingerprint density at radius 2 is 2.08 bits per heavy atom. The Labute approximate surface area is 67.8 Å². The fourth-order valence-electron chi connectivity index (χ4n) is 1.03. The molecule has 1 heterocycles. The Morgan fingerprint density at radius 3 is 2.50 bits per heavy atom. The van der Waals surface area contributed by atoms with Gasteiger partial charge >= 0.3 is 0 Å². The highest BCUT2D eigenvalue weighted by atomic mass is 16.6. The van der Waals surface area contributed by atoms with Crippen LogP contribution in [0, 0.1) is 0 Å². The zero-order valence-electron chi connectivity index (χ0n) is 6.11. The molecule has 68 valence electrons. The van der Waals surface area contributed by atoms with E-state index in [2.05, 4.69) is 10.0 Å². The van der Waals surface area contributed by atoms with Crippen LogP contribution in [0.25, 0.3) is 10.4 Å². The van der Waals surface area contributed by atoms with Crippen LogP contribution in [-0.2, 0) is 4.74 Å². The van der Waals surface area contributed by atoms with Gasteiger partial charge in [0.25, 0.3) is 0 Å². The van der Waals surface area contributed by atoms with Crippen LogP contribution in [0.3, 0.4) is 0 Å². The molecule has 1 fully saturated rings. The second kappa shape index (κ2) is 3.70. The van der Waals surface area contributed by atoms with Crippen molar-refractivity contribution in [2.45, 2.75) is 24.5 Å². The third-order valence-corrected chi connectivity index (χ3v) is 1.68. The number of rotatable bonds is 2. The maximum Gasteiger partial charge on any atom is 0.165 e. The Hall–Kier alpha value is -0.850. The van der Waals surface area contributed by atoms with Crippen LogP contribution in [0.1, 0.15) is 0 Å². The molecule has 12 heavy (non-hydrogen) atoms. The van der Waals surface area contributed by atoms with Crippen molar-refractivity contribution in [3.63, 3.8) is 0 Å². The van der Waals surface area contributed by atoms with Crippen molar-refractivity contribution in [1.29, 1.82) is 0 Å². The van der Waals surface area contributed by atoms with Gasteiger partial charge in [-0.15, -0.1) is 0 Å². The van der Waals surface area contributed by atoms with Gasteiger partial charge in [-0.3, -0.25) is 0 Å². The van der Waals surface area contributed by atoms with E-state index in [4.69, 9.17) is 25.6 Å². The quantitative estimate of drug-likeness (QED) is 0.275. The number of hydrogen-bond acceptors (Lipinski definition) is 5. The molecule has 1 unspecified atom stereocenters. The summed E-state index contributed by atoms with van der Waals surface area (Å²) in [7, 11) is 0. The molecule has 0 saturated carbocycles. The zero-order chi connectivity index (χ0) is 9.14. The monoisotopic (exact) mass is 175 g/mol. The highest BCUT2D eigenvalue weighted by molar-refractivity contribution is 4.88.